The SMILES string of the molecule is CCCC1c2ccc(C)n2CCN1C(=O)Nc1ccc(C)cc1. The summed E-state index contributed by atoms with van der Waals surface area (Å²) in [5.41, 5.74) is 4.58. The molecule has 2 heterocycles. The van der Waals surface area contributed by atoms with Crippen molar-refractivity contribution in [3.63, 3.8) is 0 Å². The number of carbonyl (C=O) groups is 1. The Bertz CT molecular complexity index is 687. The molecule has 0 aliphatic carbocycles. The van der Waals surface area contributed by atoms with Gasteiger partial charge in [-0.3, -0.25) is 0 Å². The molecule has 4 nitrogen and oxygen atoms in total. The quantitative estimate of drug-likeness (QED) is 0.890. The van der Waals surface area contributed by atoms with E-state index in [0.717, 1.165) is 31.6 Å². The number of amides is 2. The number of aryl methyl sites for hydroxylation is 2. The van der Waals surface area contributed by atoms with Crippen LogP contribution in [0.15, 0.2) is 36.4 Å². The van der Waals surface area contributed by atoms with Gasteiger partial charge in [0.1, 0.15) is 0 Å². The summed E-state index contributed by atoms with van der Waals surface area (Å²) in [7, 11) is 0. The molecule has 1 aliphatic heterocycles. The fourth-order valence-electron chi connectivity index (χ4n) is 3.36. The van der Waals surface area contributed by atoms with Crippen molar-refractivity contribution in [2.24, 2.45) is 0 Å². The van der Waals surface area contributed by atoms with Crippen molar-refractivity contribution in [2.75, 3.05) is 11.9 Å². The maximum absolute atomic E-state index is 12.8. The highest BCUT2D eigenvalue weighted by molar-refractivity contribution is 5.89. The van der Waals surface area contributed by atoms with Crippen molar-refractivity contribution in [3.05, 3.63) is 53.3 Å². The molecule has 3 rings (SSSR count). The van der Waals surface area contributed by atoms with Crippen LogP contribution in [-0.4, -0.2) is 22.0 Å². The molecule has 2 amide bonds. The highest BCUT2D eigenvalue weighted by Crippen LogP contribution is 2.31. The summed E-state index contributed by atoms with van der Waals surface area (Å²) in [5, 5.41) is 3.04. The van der Waals surface area contributed by atoms with Gasteiger partial charge in [-0.2, -0.15) is 0 Å². The largest absolute Gasteiger partial charge is 0.345 e. The van der Waals surface area contributed by atoms with Crippen LogP contribution in [0.1, 0.15) is 42.8 Å². The van der Waals surface area contributed by atoms with Crippen LogP contribution in [0, 0.1) is 13.8 Å². The first kappa shape index (κ1) is 15.7. The lowest BCUT2D eigenvalue weighted by molar-refractivity contribution is 0.162. The van der Waals surface area contributed by atoms with Crippen molar-refractivity contribution in [1.82, 2.24) is 9.47 Å². The summed E-state index contributed by atoms with van der Waals surface area (Å²) in [4.78, 5) is 14.7. The van der Waals surface area contributed by atoms with Crippen LogP contribution in [0.25, 0.3) is 0 Å². The molecule has 4 heteroatoms. The third kappa shape index (κ3) is 3.11. The summed E-state index contributed by atoms with van der Waals surface area (Å²) in [6.07, 6.45) is 2.05. The third-order valence-corrected chi connectivity index (χ3v) is 4.64. The average molecular weight is 311 g/mol. The lowest BCUT2D eigenvalue weighted by atomic mass is 10.0. The summed E-state index contributed by atoms with van der Waals surface area (Å²) in [6, 6.07) is 12.4. The Balaban J connectivity index is 1.80. The van der Waals surface area contributed by atoms with E-state index in [1.165, 1.54) is 17.0 Å². The lowest BCUT2D eigenvalue weighted by Gasteiger charge is -2.37. The summed E-state index contributed by atoms with van der Waals surface area (Å²) in [6.45, 7) is 7.98. The molecule has 1 unspecified atom stereocenters. The maximum Gasteiger partial charge on any atom is 0.322 e. The minimum atomic E-state index is -0.00240. The number of benzene rings is 1. The van der Waals surface area contributed by atoms with E-state index in [2.05, 4.69) is 35.9 Å². The smallest absolute Gasteiger partial charge is 0.322 e. The number of hydrogen-bond donors (Lipinski definition) is 1. The molecule has 0 spiro atoms. The van der Waals surface area contributed by atoms with Crippen LogP contribution in [0.5, 0.6) is 0 Å². The monoisotopic (exact) mass is 311 g/mol. The fraction of sp³-hybridized carbons (Fsp3) is 0.421. The Morgan fingerprint density at radius 1 is 1.13 bits per heavy atom. The molecule has 1 aliphatic rings. The second kappa shape index (κ2) is 6.49. The molecular weight excluding hydrogens is 286 g/mol. The Labute approximate surface area is 138 Å². The molecule has 0 bridgehead atoms. The fourth-order valence-corrected chi connectivity index (χ4v) is 3.36. The molecule has 0 radical (unpaired) electrons. The van der Waals surface area contributed by atoms with Crippen LogP contribution in [0.2, 0.25) is 0 Å². The summed E-state index contributed by atoms with van der Waals surface area (Å²) in [5.74, 6) is 0. The van der Waals surface area contributed by atoms with Crippen molar-refractivity contribution in [2.45, 2.75) is 46.2 Å². The molecule has 0 fully saturated rings. The Morgan fingerprint density at radius 2 is 1.87 bits per heavy atom. The van der Waals surface area contributed by atoms with Gasteiger partial charge in [-0.15, -0.1) is 0 Å². The van der Waals surface area contributed by atoms with Crippen LogP contribution < -0.4 is 5.32 Å². The Kier molecular flexibility index (Phi) is 4.42. The number of hydrogen-bond acceptors (Lipinski definition) is 1. The first-order valence-electron chi connectivity index (χ1n) is 8.40. The molecule has 1 aromatic carbocycles. The lowest BCUT2D eigenvalue weighted by Crippen LogP contribution is -2.44. The van der Waals surface area contributed by atoms with Gasteiger partial charge < -0.3 is 14.8 Å². The predicted octanol–water partition coefficient (Wildman–Crippen LogP) is 4.49. The number of nitrogens with one attached hydrogen (secondary N) is 1. The van der Waals surface area contributed by atoms with E-state index in [9.17, 15) is 4.79 Å². The number of nitrogens with zero attached hydrogens (tertiary/aromatic N) is 2. The first-order chi connectivity index (χ1) is 11.1. The molecule has 1 aromatic heterocycles. The molecule has 0 saturated carbocycles. The average Bonchev–Trinajstić information content (AvgIpc) is 2.92. The third-order valence-electron chi connectivity index (χ3n) is 4.64. The van der Waals surface area contributed by atoms with Gasteiger partial charge in [-0.25, -0.2) is 4.79 Å². The van der Waals surface area contributed by atoms with Crippen molar-refractivity contribution in [1.29, 1.82) is 0 Å². The zero-order valence-electron chi connectivity index (χ0n) is 14.2. The highest BCUT2D eigenvalue weighted by atomic mass is 16.2. The van der Waals surface area contributed by atoms with E-state index in [-0.39, 0.29) is 12.1 Å². The van der Waals surface area contributed by atoms with Gasteiger partial charge in [0.15, 0.2) is 0 Å². The number of rotatable bonds is 3. The van der Waals surface area contributed by atoms with Crippen LogP contribution >= 0.6 is 0 Å². The predicted molar refractivity (Wildman–Crippen MR) is 93.7 cm³/mol. The van der Waals surface area contributed by atoms with Gasteiger partial charge in [0.05, 0.1) is 6.04 Å². The van der Waals surface area contributed by atoms with Gasteiger partial charge >= 0.3 is 6.03 Å². The number of fused-ring (bicyclic) bond motifs is 1. The molecule has 122 valence electrons. The van der Waals surface area contributed by atoms with E-state index in [1.807, 2.05) is 36.1 Å². The van der Waals surface area contributed by atoms with E-state index >= 15 is 0 Å². The van der Waals surface area contributed by atoms with E-state index in [1.54, 1.807) is 0 Å². The molecule has 1 atom stereocenters. The van der Waals surface area contributed by atoms with Gasteiger partial charge in [0, 0.05) is 30.2 Å². The Hall–Kier alpha value is -2.23. The molecule has 23 heavy (non-hydrogen) atoms. The van der Waals surface area contributed by atoms with E-state index in [0.29, 0.717) is 0 Å². The number of urea groups is 1. The zero-order valence-corrected chi connectivity index (χ0v) is 14.2. The second-order valence-corrected chi connectivity index (χ2v) is 6.35. The second-order valence-electron chi connectivity index (χ2n) is 6.35. The number of aromatic nitrogens is 1. The molecular formula is C19H25N3O. The molecule has 0 saturated heterocycles. The van der Waals surface area contributed by atoms with Crippen molar-refractivity contribution in [3.8, 4) is 0 Å². The standard InChI is InChI=1S/C19H25N3O/c1-4-5-17-18-11-8-15(3)21(18)12-13-22(17)19(23)20-16-9-6-14(2)7-10-16/h6-11,17H,4-5,12-13H2,1-3H3,(H,20,23). The summed E-state index contributed by atoms with van der Waals surface area (Å²) < 4.78 is 2.34. The minimum Gasteiger partial charge on any atom is -0.345 e. The van der Waals surface area contributed by atoms with Crippen molar-refractivity contribution >= 4 is 11.7 Å². The van der Waals surface area contributed by atoms with Crippen LogP contribution in [0.4, 0.5) is 10.5 Å². The molecule has 2 aromatic rings. The zero-order chi connectivity index (χ0) is 16.4. The first-order valence-corrected chi connectivity index (χ1v) is 8.40. The maximum atomic E-state index is 12.8. The van der Waals surface area contributed by atoms with Gasteiger partial charge in [-0.05, 0) is 44.5 Å². The van der Waals surface area contributed by atoms with Gasteiger partial charge in [-0.1, -0.05) is 31.0 Å². The number of carbonyl (C=O) groups excluding carboxylic acids is 1. The van der Waals surface area contributed by atoms with Crippen LogP contribution in [-0.2, 0) is 6.54 Å². The Morgan fingerprint density at radius 3 is 2.57 bits per heavy atom. The van der Waals surface area contributed by atoms with E-state index in [4.69, 9.17) is 0 Å². The normalized spacial score (nSPS) is 17.0. The van der Waals surface area contributed by atoms with Gasteiger partial charge in [0.2, 0.25) is 0 Å². The topological polar surface area (TPSA) is 37.3 Å². The molecule has 1 N–H and O–H groups in total. The summed E-state index contributed by atoms with van der Waals surface area (Å²) >= 11 is 0. The van der Waals surface area contributed by atoms with Crippen molar-refractivity contribution < 1.29 is 4.79 Å². The number of anilines is 1. The van der Waals surface area contributed by atoms with E-state index < -0.39 is 0 Å². The minimum absolute atomic E-state index is 0.00240. The van der Waals surface area contributed by atoms with Gasteiger partial charge in [0.25, 0.3) is 0 Å². The highest BCUT2D eigenvalue weighted by Gasteiger charge is 2.30. The van der Waals surface area contributed by atoms with Crippen LogP contribution in [0.3, 0.4) is 0 Å².